The first-order valence-corrected chi connectivity index (χ1v) is 12.1. The lowest BCUT2D eigenvalue weighted by atomic mass is 9.99. The summed E-state index contributed by atoms with van der Waals surface area (Å²) in [7, 11) is 0. The van der Waals surface area contributed by atoms with Crippen molar-refractivity contribution in [1.82, 2.24) is 15.2 Å². The maximum Gasteiger partial charge on any atom is 0.236 e. The second kappa shape index (κ2) is 9.28. The molecule has 0 bridgehead atoms. The van der Waals surface area contributed by atoms with Crippen molar-refractivity contribution in [1.29, 1.82) is 0 Å². The van der Waals surface area contributed by atoms with Gasteiger partial charge in [0.2, 0.25) is 5.91 Å². The molecule has 2 heterocycles. The molecule has 5 aromatic rings. The minimum Gasteiger partial charge on any atom is -0.507 e. The van der Waals surface area contributed by atoms with Crippen molar-refractivity contribution in [3.05, 3.63) is 108 Å². The van der Waals surface area contributed by atoms with E-state index in [1.165, 1.54) is 0 Å². The third kappa shape index (κ3) is 4.31. The van der Waals surface area contributed by atoms with Crippen LogP contribution in [0.4, 0.5) is 5.69 Å². The molecule has 0 spiro atoms. The predicted molar refractivity (Wildman–Crippen MR) is 144 cm³/mol. The number of phenols is 1. The van der Waals surface area contributed by atoms with Gasteiger partial charge in [-0.3, -0.25) is 14.9 Å². The number of nitrogens with zero attached hydrogens (tertiary/aromatic N) is 3. The van der Waals surface area contributed by atoms with Crippen LogP contribution in [0.25, 0.3) is 33.6 Å². The molecule has 182 valence electrons. The first-order valence-electron chi connectivity index (χ1n) is 12.1. The van der Waals surface area contributed by atoms with Gasteiger partial charge in [-0.2, -0.15) is 5.10 Å². The number of H-pyrrole nitrogens is 1. The highest BCUT2D eigenvalue weighted by Crippen LogP contribution is 2.43. The first-order chi connectivity index (χ1) is 18.1. The zero-order chi connectivity index (χ0) is 25.4. The van der Waals surface area contributed by atoms with Crippen molar-refractivity contribution < 1.29 is 9.90 Å². The van der Waals surface area contributed by atoms with E-state index in [0.717, 1.165) is 56.0 Å². The van der Waals surface area contributed by atoms with Crippen LogP contribution in [0, 0.1) is 0 Å². The largest absolute Gasteiger partial charge is 0.507 e. The summed E-state index contributed by atoms with van der Waals surface area (Å²) >= 11 is 0. The number of aromatic amines is 1. The fourth-order valence-electron chi connectivity index (χ4n) is 5.03. The van der Waals surface area contributed by atoms with Crippen molar-refractivity contribution in [2.75, 3.05) is 11.4 Å². The Morgan fingerprint density at radius 1 is 0.946 bits per heavy atom. The van der Waals surface area contributed by atoms with Gasteiger partial charge in [0.15, 0.2) is 0 Å². The van der Waals surface area contributed by atoms with E-state index < -0.39 is 0 Å². The normalized spacial score (nSPS) is 11.7. The molecule has 0 saturated heterocycles. The van der Waals surface area contributed by atoms with Crippen molar-refractivity contribution in [3.63, 3.8) is 0 Å². The molecular formula is C30H25N5O2. The molecule has 0 aliphatic heterocycles. The number of carbonyl (C=O) groups is 1. The molecule has 37 heavy (non-hydrogen) atoms. The summed E-state index contributed by atoms with van der Waals surface area (Å²) in [5, 5.41) is 18.6. The van der Waals surface area contributed by atoms with Gasteiger partial charge in [-0.25, -0.2) is 0 Å². The van der Waals surface area contributed by atoms with Crippen LogP contribution in [0.15, 0.2) is 91.3 Å². The maximum atomic E-state index is 11.8. The number of aromatic hydroxyl groups is 1. The number of anilines is 1. The molecule has 0 unspecified atom stereocenters. The minimum absolute atomic E-state index is 0.117. The summed E-state index contributed by atoms with van der Waals surface area (Å²) in [5.41, 5.74) is 15.3. The number of pyridine rings is 1. The zero-order valence-corrected chi connectivity index (χ0v) is 20.1. The third-order valence-corrected chi connectivity index (χ3v) is 6.78. The highest BCUT2D eigenvalue weighted by atomic mass is 16.3. The zero-order valence-electron chi connectivity index (χ0n) is 20.1. The van der Waals surface area contributed by atoms with Crippen LogP contribution in [-0.4, -0.2) is 32.7 Å². The van der Waals surface area contributed by atoms with Gasteiger partial charge >= 0.3 is 0 Å². The minimum atomic E-state index is -0.384. The molecule has 1 amide bonds. The number of fused-ring (bicyclic) bond motifs is 3. The molecular weight excluding hydrogens is 462 g/mol. The van der Waals surface area contributed by atoms with E-state index in [4.69, 9.17) is 5.73 Å². The maximum absolute atomic E-state index is 11.8. The van der Waals surface area contributed by atoms with Gasteiger partial charge in [0.25, 0.3) is 0 Å². The van der Waals surface area contributed by atoms with Gasteiger partial charge in [-0.1, -0.05) is 42.5 Å². The topological polar surface area (TPSA) is 108 Å². The molecule has 1 aliphatic carbocycles. The van der Waals surface area contributed by atoms with Crippen molar-refractivity contribution in [2.45, 2.75) is 13.0 Å². The molecule has 0 atom stereocenters. The number of carbonyl (C=O) groups excluding carboxylic acids is 1. The van der Waals surface area contributed by atoms with Crippen LogP contribution < -0.4 is 10.6 Å². The summed E-state index contributed by atoms with van der Waals surface area (Å²) < 4.78 is 0. The quantitative estimate of drug-likeness (QED) is 0.297. The van der Waals surface area contributed by atoms with Gasteiger partial charge in [-0.05, 0) is 53.1 Å². The summed E-state index contributed by atoms with van der Waals surface area (Å²) in [6.07, 6.45) is 4.18. The van der Waals surface area contributed by atoms with E-state index in [-0.39, 0.29) is 18.2 Å². The van der Waals surface area contributed by atoms with E-state index in [1.54, 1.807) is 18.5 Å². The van der Waals surface area contributed by atoms with Crippen molar-refractivity contribution in [3.8, 4) is 39.4 Å². The van der Waals surface area contributed by atoms with Crippen LogP contribution in [0.5, 0.6) is 5.75 Å². The number of aromatic nitrogens is 3. The SMILES string of the molecule is NC(=O)CN(Cc1ccncc1)c1ccc2c(c1)Cc1c(-c3ccc(-c4ccccc4)c(O)c3)n[nH]c1-2. The first kappa shape index (κ1) is 22.5. The molecule has 0 fully saturated rings. The van der Waals surface area contributed by atoms with Crippen molar-refractivity contribution in [2.24, 2.45) is 5.73 Å². The van der Waals surface area contributed by atoms with Crippen LogP contribution >= 0.6 is 0 Å². The molecule has 6 rings (SSSR count). The summed E-state index contributed by atoms with van der Waals surface area (Å²) in [5.74, 6) is -0.165. The molecule has 1 aliphatic rings. The lowest BCUT2D eigenvalue weighted by Gasteiger charge is -2.24. The number of nitrogens with two attached hydrogens (primary N) is 1. The average Bonchev–Trinajstić information content (AvgIpc) is 3.48. The number of hydrogen-bond donors (Lipinski definition) is 3. The van der Waals surface area contributed by atoms with Crippen LogP contribution in [-0.2, 0) is 17.8 Å². The van der Waals surface area contributed by atoms with Crippen LogP contribution in [0.1, 0.15) is 16.7 Å². The lowest BCUT2D eigenvalue weighted by Crippen LogP contribution is -2.33. The standard InChI is InChI=1S/C30H25N5O2/c31-28(37)18-35(17-19-10-12-32-13-11-19)23-7-9-25-22(14-23)15-26-29(33-34-30(25)26)21-6-8-24(27(36)16-21)20-4-2-1-3-5-20/h1-14,16,36H,15,17-18H2,(H2,31,37)(H,33,34). The predicted octanol–water partition coefficient (Wildman–Crippen LogP) is 4.91. The van der Waals surface area contributed by atoms with E-state index in [0.29, 0.717) is 13.0 Å². The van der Waals surface area contributed by atoms with Crippen LogP contribution in [0.3, 0.4) is 0 Å². The van der Waals surface area contributed by atoms with Gasteiger partial charge in [0.05, 0.1) is 17.9 Å². The Labute approximate surface area is 214 Å². The van der Waals surface area contributed by atoms with Crippen LogP contribution in [0.2, 0.25) is 0 Å². The molecule has 3 aromatic carbocycles. The third-order valence-electron chi connectivity index (χ3n) is 6.78. The molecule has 0 saturated carbocycles. The van der Waals surface area contributed by atoms with Gasteiger partial charge in [0, 0.05) is 53.3 Å². The molecule has 4 N–H and O–H groups in total. The van der Waals surface area contributed by atoms with E-state index >= 15 is 0 Å². The average molecular weight is 488 g/mol. The number of phenolic OH excluding ortho intramolecular Hbond substituents is 1. The monoisotopic (exact) mass is 487 g/mol. The number of rotatable bonds is 7. The van der Waals surface area contributed by atoms with Gasteiger partial charge < -0.3 is 15.7 Å². The van der Waals surface area contributed by atoms with Crippen molar-refractivity contribution >= 4 is 11.6 Å². The van der Waals surface area contributed by atoms with E-state index in [2.05, 4.69) is 27.3 Å². The highest BCUT2D eigenvalue weighted by Gasteiger charge is 2.26. The number of hydrogen-bond acceptors (Lipinski definition) is 5. The molecule has 7 nitrogen and oxygen atoms in total. The number of benzene rings is 3. The number of amides is 1. The fourth-order valence-corrected chi connectivity index (χ4v) is 5.03. The Kier molecular flexibility index (Phi) is 5.65. The van der Waals surface area contributed by atoms with E-state index in [1.807, 2.05) is 65.6 Å². The smallest absolute Gasteiger partial charge is 0.236 e. The molecule has 7 heteroatoms. The Morgan fingerprint density at radius 3 is 2.49 bits per heavy atom. The second-order valence-electron chi connectivity index (χ2n) is 9.22. The number of nitrogens with one attached hydrogen (secondary N) is 1. The molecule has 0 radical (unpaired) electrons. The Morgan fingerprint density at radius 2 is 1.73 bits per heavy atom. The van der Waals surface area contributed by atoms with Gasteiger partial charge in [0.1, 0.15) is 5.75 Å². The summed E-state index contributed by atoms with van der Waals surface area (Å²) in [4.78, 5) is 17.9. The Balaban J connectivity index is 1.30. The summed E-state index contributed by atoms with van der Waals surface area (Å²) in [6.45, 7) is 0.668. The lowest BCUT2D eigenvalue weighted by molar-refractivity contribution is -0.116. The Bertz CT molecular complexity index is 1600. The molecule has 2 aromatic heterocycles. The van der Waals surface area contributed by atoms with Gasteiger partial charge in [-0.15, -0.1) is 0 Å². The highest BCUT2D eigenvalue weighted by molar-refractivity contribution is 5.85. The number of primary amides is 1. The second-order valence-corrected chi connectivity index (χ2v) is 9.22. The Hall–Kier alpha value is -4.91. The fraction of sp³-hybridized carbons (Fsp3) is 0.100. The van der Waals surface area contributed by atoms with E-state index in [9.17, 15) is 9.90 Å². The summed E-state index contributed by atoms with van der Waals surface area (Å²) in [6, 6.07) is 25.6.